The van der Waals surface area contributed by atoms with E-state index in [9.17, 15) is 0 Å². The van der Waals surface area contributed by atoms with Crippen molar-refractivity contribution in [2.75, 3.05) is 18.9 Å². The molecular formula is C16H18N4. The zero-order valence-corrected chi connectivity index (χ0v) is 11.8. The van der Waals surface area contributed by atoms with E-state index >= 15 is 0 Å². The van der Waals surface area contributed by atoms with Crippen LogP contribution in [0, 0.1) is 6.92 Å². The highest BCUT2D eigenvalue weighted by Crippen LogP contribution is 2.29. The number of aliphatic imine (C=N–C) groups is 1. The smallest absolute Gasteiger partial charge is 0.133 e. The quantitative estimate of drug-likeness (QED) is 0.927. The van der Waals surface area contributed by atoms with E-state index < -0.39 is 0 Å². The summed E-state index contributed by atoms with van der Waals surface area (Å²) in [6.45, 7) is 2.96. The number of hydrogen-bond acceptors (Lipinski definition) is 3. The standard InChI is InChI=1S/C16H18N4/c1-12-15(13-8-10-18-11-9-13)19-20(16(12)17-2)14-6-4-3-5-7-14/h3-8,10,17H,9,11H2,1-2H3. The number of rotatable bonds is 3. The van der Waals surface area contributed by atoms with Crippen LogP contribution in [-0.4, -0.2) is 29.6 Å². The summed E-state index contributed by atoms with van der Waals surface area (Å²) in [6.07, 6.45) is 4.89. The fourth-order valence-corrected chi connectivity index (χ4v) is 2.53. The third kappa shape index (κ3) is 2.13. The molecule has 1 aromatic carbocycles. The summed E-state index contributed by atoms with van der Waals surface area (Å²) in [4.78, 5) is 4.24. The second kappa shape index (κ2) is 5.33. The minimum absolute atomic E-state index is 0.846. The van der Waals surface area contributed by atoms with E-state index in [1.807, 2.05) is 36.1 Å². The number of dihydropyridines is 1. The molecule has 0 amide bonds. The zero-order valence-electron chi connectivity index (χ0n) is 11.8. The van der Waals surface area contributed by atoms with Crippen molar-refractivity contribution >= 4 is 17.6 Å². The van der Waals surface area contributed by atoms with Crippen molar-refractivity contribution in [3.05, 3.63) is 47.7 Å². The van der Waals surface area contributed by atoms with Crippen molar-refractivity contribution in [2.24, 2.45) is 4.99 Å². The number of nitrogens with zero attached hydrogens (tertiary/aromatic N) is 3. The fraction of sp³-hybridized carbons (Fsp3) is 0.250. The van der Waals surface area contributed by atoms with Gasteiger partial charge in [-0.15, -0.1) is 0 Å². The van der Waals surface area contributed by atoms with Gasteiger partial charge < -0.3 is 5.32 Å². The lowest BCUT2D eigenvalue weighted by atomic mass is 10.0. The lowest BCUT2D eigenvalue weighted by Gasteiger charge is -2.06. The monoisotopic (exact) mass is 266 g/mol. The lowest BCUT2D eigenvalue weighted by molar-refractivity contribution is 0.872. The molecule has 0 saturated carbocycles. The van der Waals surface area contributed by atoms with Gasteiger partial charge in [-0.25, -0.2) is 4.68 Å². The molecule has 0 bridgehead atoms. The van der Waals surface area contributed by atoms with Gasteiger partial charge in [-0.05, 0) is 37.1 Å². The zero-order chi connectivity index (χ0) is 13.9. The van der Waals surface area contributed by atoms with Crippen LogP contribution in [0.4, 0.5) is 5.82 Å². The molecule has 0 saturated heterocycles. The summed E-state index contributed by atoms with van der Waals surface area (Å²) in [5.74, 6) is 1.04. The van der Waals surface area contributed by atoms with Gasteiger partial charge in [0.2, 0.25) is 0 Å². The van der Waals surface area contributed by atoms with Gasteiger partial charge >= 0.3 is 0 Å². The maximum atomic E-state index is 4.80. The molecule has 1 aromatic heterocycles. The van der Waals surface area contributed by atoms with Crippen LogP contribution >= 0.6 is 0 Å². The van der Waals surface area contributed by atoms with Crippen LogP contribution in [0.25, 0.3) is 11.3 Å². The van der Waals surface area contributed by atoms with Crippen LogP contribution in [-0.2, 0) is 0 Å². The van der Waals surface area contributed by atoms with Crippen LogP contribution in [0.1, 0.15) is 17.7 Å². The van der Waals surface area contributed by atoms with E-state index in [0.29, 0.717) is 0 Å². The Morgan fingerprint density at radius 2 is 2.00 bits per heavy atom. The van der Waals surface area contributed by atoms with E-state index in [0.717, 1.165) is 30.2 Å². The molecule has 0 atom stereocenters. The highest BCUT2D eigenvalue weighted by atomic mass is 15.3. The van der Waals surface area contributed by atoms with E-state index in [4.69, 9.17) is 5.10 Å². The SMILES string of the molecule is CNc1c(C)c(C2=CC=NCC2)nn1-c1ccccc1. The average Bonchev–Trinajstić information content (AvgIpc) is 2.86. The van der Waals surface area contributed by atoms with Gasteiger partial charge in [0.25, 0.3) is 0 Å². The van der Waals surface area contributed by atoms with Crippen molar-refractivity contribution in [3.8, 4) is 5.69 Å². The summed E-state index contributed by atoms with van der Waals surface area (Å²) in [7, 11) is 1.93. The molecule has 20 heavy (non-hydrogen) atoms. The van der Waals surface area contributed by atoms with Crippen molar-refractivity contribution in [1.82, 2.24) is 9.78 Å². The number of benzene rings is 1. The number of allylic oxidation sites excluding steroid dienone is 1. The summed E-state index contributed by atoms with van der Waals surface area (Å²) in [6, 6.07) is 10.2. The Morgan fingerprint density at radius 1 is 1.20 bits per heavy atom. The predicted molar refractivity (Wildman–Crippen MR) is 83.8 cm³/mol. The Morgan fingerprint density at radius 3 is 2.65 bits per heavy atom. The van der Waals surface area contributed by atoms with Crippen molar-refractivity contribution in [3.63, 3.8) is 0 Å². The van der Waals surface area contributed by atoms with E-state index in [1.165, 1.54) is 11.1 Å². The second-order valence-corrected chi connectivity index (χ2v) is 4.82. The first-order valence-electron chi connectivity index (χ1n) is 6.83. The molecule has 102 valence electrons. The topological polar surface area (TPSA) is 42.2 Å². The minimum atomic E-state index is 0.846. The molecule has 0 fully saturated rings. The average molecular weight is 266 g/mol. The van der Waals surface area contributed by atoms with Gasteiger partial charge in [0.05, 0.1) is 11.4 Å². The maximum Gasteiger partial charge on any atom is 0.133 e. The first kappa shape index (κ1) is 12.7. The van der Waals surface area contributed by atoms with Crippen LogP contribution in [0.5, 0.6) is 0 Å². The molecule has 0 spiro atoms. The highest BCUT2D eigenvalue weighted by Gasteiger charge is 2.17. The van der Waals surface area contributed by atoms with Gasteiger partial charge in [0.1, 0.15) is 5.82 Å². The molecule has 3 rings (SSSR count). The van der Waals surface area contributed by atoms with Crippen molar-refractivity contribution in [1.29, 1.82) is 0 Å². The number of aromatic nitrogens is 2. The third-order valence-electron chi connectivity index (χ3n) is 3.56. The van der Waals surface area contributed by atoms with Gasteiger partial charge in [-0.3, -0.25) is 4.99 Å². The molecule has 0 aliphatic carbocycles. The van der Waals surface area contributed by atoms with Crippen LogP contribution in [0.2, 0.25) is 0 Å². The van der Waals surface area contributed by atoms with E-state index in [1.54, 1.807) is 0 Å². The largest absolute Gasteiger partial charge is 0.373 e. The lowest BCUT2D eigenvalue weighted by Crippen LogP contribution is -2.02. The Labute approximate surface area is 118 Å². The molecule has 0 radical (unpaired) electrons. The van der Waals surface area contributed by atoms with Gasteiger partial charge in [-0.1, -0.05) is 18.2 Å². The molecule has 2 heterocycles. The highest BCUT2D eigenvalue weighted by molar-refractivity contribution is 5.86. The molecule has 1 aliphatic heterocycles. The summed E-state index contributed by atoms with van der Waals surface area (Å²) in [5.41, 5.74) is 4.56. The van der Waals surface area contributed by atoms with Crippen LogP contribution < -0.4 is 5.32 Å². The number of hydrogen-bond donors (Lipinski definition) is 1. The molecule has 1 N–H and O–H groups in total. The minimum Gasteiger partial charge on any atom is -0.373 e. The molecule has 4 heteroatoms. The van der Waals surface area contributed by atoms with Gasteiger partial charge in [0, 0.05) is 25.4 Å². The van der Waals surface area contributed by atoms with Crippen LogP contribution in [0.15, 0.2) is 41.4 Å². The summed E-state index contributed by atoms with van der Waals surface area (Å²) < 4.78 is 1.97. The predicted octanol–water partition coefficient (Wildman–Crippen LogP) is 3.08. The Balaban J connectivity index is 2.12. The number of para-hydroxylation sites is 1. The Bertz CT molecular complexity index is 665. The normalized spacial score (nSPS) is 14.2. The molecular weight excluding hydrogens is 248 g/mol. The van der Waals surface area contributed by atoms with Crippen molar-refractivity contribution < 1.29 is 0 Å². The molecule has 2 aromatic rings. The maximum absolute atomic E-state index is 4.80. The first-order chi connectivity index (χ1) is 9.81. The summed E-state index contributed by atoms with van der Waals surface area (Å²) in [5, 5.41) is 8.06. The molecule has 0 unspecified atom stereocenters. The fourth-order valence-electron chi connectivity index (χ4n) is 2.53. The first-order valence-corrected chi connectivity index (χ1v) is 6.83. The Kier molecular flexibility index (Phi) is 3.37. The van der Waals surface area contributed by atoms with Crippen LogP contribution in [0.3, 0.4) is 0 Å². The van der Waals surface area contributed by atoms with Crippen molar-refractivity contribution in [2.45, 2.75) is 13.3 Å². The third-order valence-corrected chi connectivity index (χ3v) is 3.56. The molecule has 4 nitrogen and oxygen atoms in total. The van der Waals surface area contributed by atoms with E-state index in [-0.39, 0.29) is 0 Å². The number of nitrogens with one attached hydrogen (secondary N) is 1. The van der Waals surface area contributed by atoms with Gasteiger partial charge in [-0.2, -0.15) is 5.10 Å². The second-order valence-electron chi connectivity index (χ2n) is 4.82. The molecule has 1 aliphatic rings. The Hall–Kier alpha value is -2.36. The summed E-state index contributed by atoms with van der Waals surface area (Å²) >= 11 is 0. The van der Waals surface area contributed by atoms with Gasteiger partial charge in [0.15, 0.2) is 0 Å². The number of anilines is 1. The van der Waals surface area contributed by atoms with E-state index in [2.05, 4.69) is 35.4 Å².